The van der Waals surface area contributed by atoms with Crippen LogP contribution in [0, 0.1) is 12.7 Å². The highest BCUT2D eigenvalue weighted by Crippen LogP contribution is 2.28. The van der Waals surface area contributed by atoms with Gasteiger partial charge in [-0.3, -0.25) is 4.79 Å². The topological polar surface area (TPSA) is 55.4 Å². The van der Waals surface area contributed by atoms with E-state index in [-0.39, 0.29) is 5.56 Å². The molecule has 20 heavy (non-hydrogen) atoms. The Hall–Kier alpha value is -2.21. The number of methoxy groups -OCH3 is 1. The molecule has 0 saturated carbocycles. The van der Waals surface area contributed by atoms with Crippen molar-refractivity contribution in [3.05, 3.63) is 51.5 Å². The molecule has 0 spiro atoms. The van der Waals surface area contributed by atoms with Crippen LogP contribution in [0.1, 0.15) is 25.6 Å². The van der Waals surface area contributed by atoms with Crippen molar-refractivity contribution in [2.45, 2.75) is 6.92 Å². The Kier molecular flexibility index (Phi) is 4.14. The van der Waals surface area contributed by atoms with E-state index in [9.17, 15) is 14.0 Å². The SMILES string of the molecule is COC(=O)c1scc(C)c1NC(=O)c1cccc(F)c1. The van der Waals surface area contributed by atoms with E-state index < -0.39 is 17.7 Å². The lowest BCUT2D eigenvalue weighted by Crippen LogP contribution is -2.14. The molecule has 2 rings (SSSR count). The molecule has 0 unspecified atom stereocenters. The average molecular weight is 293 g/mol. The Labute approximate surface area is 119 Å². The lowest BCUT2D eigenvalue weighted by atomic mass is 10.2. The summed E-state index contributed by atoms with van der Waals surface area (Å²) in [6, 6.07) is 5.34. The molecule has 104 valence electrons. The summed E-state index contributed by atoms with van der Waals surface area (Å²) >= 11 is 1.19. The quantitative estimate of drug-likeness (QED) is 0.884. The van der Waals surface area contributed by atoms with Gasteiger partial charge in [-0.2, -0.15) is 0 Å². The Morgan fingerprint density at radius 2 is 2.10 bits per heavy atom. The zero-order chi connectivity index (χ0) is 14.7. The van der Waals surface area contributed by atoms with Crippen molar-refractivity contribution < 1.29 is 18.7 Å². The van der Waals surface area contributed by atoms with Gasteiger partial charge in [0, 0.05) is 5.56 Å². The number of ether oxygens (including phenoxy) is 1. The molecule has 0 aliphatic rings. The van der Waals surface area contributed by atoms with Gasteiger partial charge in [0.15, 0.2) is 0 Å². The Morgan fingerprint density at radius 3 is 2.75 bits per heavy atom. The zero-order valence-electron chi connectivity index (χ0n) is 10.9. The number of carbonyl (C=O) groups excluding carboxylic acids is 2. The van der Waals surface area contributed by atoms with Crippen LogP contribution in [0.5, 0.6) is 0 Å². The number of rotatable bonds is 3. The van der Waals surface area contributed by atoms with Gasteiger partial charge in [0.25, 0.3) is 5.91 Å². The smallest absolute Gasteiger partial charge is 0.350 e. The van der Waals surface area contributed by atoms with Gasteiger partial charge in [-0.15, -0.1) is 11.3 Å². The molecule has 1 amide bonds. The maximum Gasteiger partial charge on any atom is 0.350 e. The van der Waals surface area contributed by atoms with Crippen LogP contribution in [-0.2, 0) is 4.74 Å². The number of benzene rings is 1. The zero-order valence-corrected chi connectivity index (χ0v) is 11.7. The molecular formula is C14H12FNO3S. The Morgan fingerprint density at radius 1 is 1.35 bits per heavy atom. The van der Waals surface area contributed by atoms with E-state index in [1.807, 2.05) is 0 Å². The normalized spacial score (nSPS) is 10.2. The summed E-state index contributed by atoms with van der Waals surface area (Å²) in [6.07, 6.45) is 0. The van der Waals surface area contributed by atoms with E-state index in [2.05, 4.69) is 10.1 Å². The molecule has 4 nitrogen and oxygen atoms in total. The standard InChI is InChI=1S/C14H12FNO3S/c1-8-7-20-12(14(18)19-2)11(8)16-13(17)9-4-3-5-10(15)6-9/h3-7H,1-2H3,(H,16,17). The van der Waals surface area contributed by atoms with Crippen LogP contribution in [0.15, 0.2) is 29.6 Å². The number of halogens is 1. The van der Waals surface area contributed by atoms with Crippen molar-refractivity contribution in [3.8, 4) is 0 Å². The third-order valence-corrected chi connectivity index (χ3v) is 3.75. The first kappa shape index (κ1) is 14.2. The number of hydrogen-bond donors (Lipinski definition) is 1. The van der Waals surface area contributed by atoms with E-state index in [1.165, 1.54) is 36.6 Å². The van der Waals surface area contributed by atoms with E-state index in [4.69, 9.17) is 0 Å². The second-order valence-corrected chi connectivity index (χ2v) is 4.96. The largest absolute Gasteiger partial charge is 0.465 e. The van der Waals surface area contributed by atoms with Crippen LogP contribution in [-0.4, -0.2) is 19.0 Å². The van der Waals surface area contributed by atoms with Crippen molar-refractivity contribution in [2.24, 2.45) is 0 Å². The summed E-state index contributed by atoms with van der Waals surface area (Å²) in [5, 5.41) is 4.37. The summed E-state index contributed by atoms with van der Waals surface area (Å²) in [6.45, 7) is 1.77. The van der Waals surface area contributed by atoms with Gasteiger partial charge >= 0.3 is 5.97 Å². The van der Waals surface area contributed by atoms with Crippen LogP contribution in [0.25, 0.3) is 0 Å². The van der Waals surface area contributed by atoms with Crippen molar-refractivity contribution in [3.63, 3.8) is 0 Å². The molecular weight excluding hydrogens is 281 g/mol. The van der Waals surface area contributed by atoms with Crippen LogP contribution < -0.4 is 5.32 Å². The molecule has 0 radical (unpaired) electrons. The number of amides is 1. The number of thiophene rings is 1. The summed E-state index contributed by atoms with van der Waals surface area (Å²) in [7, 11) is 1.27. The number of anilines is 1. The minimum atomic E-state index is -0.516. The second-order valence-electron chi connectivity index (χ2n) is 4.08. The fourth-order valence-electron chi connectivity index (χ4n) is 1.66. The Bertz CT molecular complexity index is 666. The van der Waals surface area contributed by atoms with Gasteiger partial charge < -0.3 is 10.1 Å². The van der Waals surface area contributed by atoms with Crippen LogP contribution in [0.2, 0.25) is 0 Å². The molecule has 6 heteroatoms. The average Bonchev–Trinajstić information content (AvgIpc) is 2.79. The van der Waals surface area contributed by atoms with E-state index in [1.54, 1.807) is 12.3 Å². The third kappa shape index (κ3) is 2.85. The fraction of sp³-hybridized carbons (Fsp3) is 0.143. The fourth-order valence-corrected chi connectivity index (χ4v) is 2.58. The monoisotopic (exact) mass is 293 g/mol. The van der Waals surface area contributed by atoms with Crippen molar-refractivity contribution in [2.75, 3.05) is 12.4 Å². The third-order valence-electron chi connectivity index (χ3n) is 2.67. The van der Waals surface area contributed by atoms with Gasteiger partial charge in [0.1, 0.15) is 10.7 Å². The van der Waals surface area contributed by atoms with Crippen molar-refractivity contribution in [1.29, 1.82) is 0 Å². The predicted octanol–water partition coefficient (Wildman–Crippen LogP) is 3.23. The lowest BCUT2D eigenvalue weighted by Gasteiger charge is -2.07. The lowest BCUT2D eigenvalue weighted by molar-refractivity contribution is 0.0607. The molecule has 0 saturated heterocycles. The van der Waals surface area contributed by atoms with Crippen LogP contribution in [0.4, 0.5) is 10.1 Å². The predicted molar refractivity (Wildman–Crippen MR) is 74.7 cm³/mol. The summed E-state index contributed by atoms with van der Waals surface area (Å²) < 4.78 is 17.8. The second kappa shape index (κ2) is 5.83. The molecule has 0 aliphatic heterocycles. The maximum atomic E-state index is 13.1. The minimum absolute atomic E-state index is 0.186. The highest BCUT2D eigenvalue weighted by molar-refractivity contribution is 7.12. The van der Waals surface area contributed by atoms with Gasteiger partial charge in [0.2, 0.25) is 0 Å². The molecule has 1 aromatic carbocycles. The molecule has 0 aliphatic carbocycles. The first-order valence-corrected chi connectivity index (χ1v) is 6.64. The number of esters is 1. The molecule has 0 atom stereocenters. The number of aryl methyl sites for hydroxylation is 1. The van der Waals surface area contributed by atoms with E-state index >= 15 is 0 Å². The molecule has 1 heterocycles. The number of carbonyl (C=O) groups is 2. The van der Waals surface area contributed by atoms with Crippen LogP contribution in [0.3, 0.4) is 0 Å². The molecule has 1 aromatic heterocycles. The molecule has 2 aromatic rings. The molecule has 0 bridgehead atoms. The highest BCUT2D eigenvalue weighted by Gasteiger charge is 2.19. The first-order chi connectivity index (χ1) is 9.52. The number of nitrogens with one attached hydrogen (secondary N) is 1. The van der Waals surface area contributed by atoms with Crippen molar-refractivity contribution in [1.82, 2.24) is 0 Å². The highest BCUT2D eigenvalue weighted by atomic mass is 32.1. The summed E-state index contributed by atoms with van der Waals surface area (Å²) in [5.41, 5.74) is 1.34. The molecule has 1 N–H and O–H groups in total. The number of hydrogen-bond acceptors (Lipinski definition) is 4. The summed E-state index contributed by atoms with van der Waals surface area (Å²) in [5.74, 6) is -1.48. The van der Waals surface area contributed by atoms with Gasteiger partial charge in [-0.1, -0.05) is 6.07 Å². The maximum absolute atomic E-state index is 13.1. The van der Waals surface area contributed by atoms with E-state index in [0.29, 0.717) is 10.6 Å². The summed E-state index contributed by atoms with van der Waals surface area (Å²) in [4.78, 5) is 24.0. The Balaban J connectivity index is 2.28. The van der Waals surface area contributed by atoms with Crippen molar-refractivity contribution >= 4 is 28.9 Å². The molecule has 0 fully saturated rings. The van der Waals surface area contributed by atoms with Gasteiger partial charge in [0.05, 0.1) is 12.8 Å². The van der Waals surface area contributed by atoms with E-state index in [0.717, 1.165) is 11.6 Å². The van der Waals surface area contributed by atoms with Gasteiger partial charge in [-0.05, 0) is 36.1 Å². The van der Waals surface area contributed by atoms with Gasteiger partial charge in [-0.25, -0.2) is 9.18 Å². The van der Waals surface area contributed by atoms with Crippen LogP contribution >= 0.6 is 11.3 Å². The minimum Gasteiger partial charge on any atom is -0.465 e. The first-order valence-electron chi connectivity index (χ1n) is 5.76.